The van der Waals surface area contributed by atoms with E-state index in [1.54, 1.807) is 0 Å². The smallest absolute Gasteiger partial charge is 0.0509 e. The van der Waals surface area contributed by atoms with Crippen molar-refractivity contribution in [3.63, 3.8) is 0 Å². The number of benzene rings is 1. The zero-order valence-electron chi connectivity index (χ0n) is 10.3. The molecule has 1 heterocycles. The average Bonchev–Trinajstić information content (AvgIpc) is 2.90. The maximum absolute atomic E-state index is 5.40. The summed E-state index contributed by atoms with van der Waals surface area (Å²) >= 11 is 0. The van der Waals surface area contributed by atoms with Crippen LogP contribution in [0.3, 0.4) is 0 Å². The first-order valence-electron chi connectivity index (χ1n) is 6.16. The summed E-state index contributed by atoms with van der Waals surface area (Å²) < 4.78 is 5.40. The van der Waals surface area contributed by atoms with Crippen LogP contribution in [-0.4, -0.2) is 19.3 Å². The van der Waals surface area contributed by atoms with Gasteiger partial charge in [-0.25, -0.2) is 0 Å². The van der Waals surface area contributed by atoms with E-state index in [0.29, 0.717) is 12.0 Å². The SMILES string of the molecule is C#Cc1ccc(CNC(C)C2CCOC2)cc1. The molecule has 0 bridgehead atoms. The van der Waals surface area contributed by atoms with Crippen molar-refractivity contribution in [2.24, 2.45) is 5.92 Å². The van der Waals surface area contributed by atoms with Crippen molar-refractivity contribution in [3.8, 4) is 12.3 Å². The first-order valence-corrected chi connectivity index (χ1v) is 6.16. The quantitative estimate of drug-likeness (QED) is 0.799. The van der Waals surface area contributed by atoms with Crippen molar-refractivity contribution in [1.29, 1.82) is 0 Å². The molecule has 17 heavy (non-hydrogen) atoms. The van der Waals surface area contributed by atoms with Crippen LogP contribution in [-0.2, 0) is 11.3 Å². The summed E-state index contributed by atoms with van der Waals surface area (Å²) in [4.78, 5) is 0. The number of rotatable bonds is 4. The lowest BCUT2D eigenvalue weighted by atomic mass is 10.0. The van der Waals surface area contributed by atoms with Crippen LogP contribution in [0, 0.1) is 18.3 Å². The molecule has 2 unspecified atom stereocenters. The molecule has 1 N–H and O–H groups in total. The van der Waals surface area contributed by atoms with E-state index in [-0.39, 0.29) is 0 Å². The highest BCUT2D eigenvalue weighted by Crippen LogP contribution is 2.16. The second kappa shape index (κ2) is 5.86. The van der Waals surface area contributed by atoms with Crippen LogP contribution in [0.25, 0.3) is 0 Å². The number of hydrogen-bond acceptors (Lipinski definition) is 2. The number of ether oxygens (including phenoxy) is 1. The Bertz CT molecular complexity index is 384. The van der Waals surface area contributed by atoms with E-state index in [1.165, 1.54) is 12.0 Å². The Labute approximate surface area is 103 Å². The number of nitrogens with one attached hydrogen (secondary N) is 1. The molecule has 1 aromatic rings. The highest BCUT2D eigenvalue weighted by atomic mass is 16.5. The van der Waals surface area contributed by atoms with Gasteiger partial charge in [0.05, 0.1) is 6.61 Å². The van der Waals surface area contributed by atoms with Crippen molar-refractivity contribution >= 4 is 0 Å². The van der Waals surface area contributed by atoms with Gasteiger partial charge in [0.25, 0.3) is 0 Å². The van der Waals surface area contributed by atoms with Gasteiger partial charge in [0, 0.05) is 24.8 Å². The monoisotopic (exact) mass is 229 g/mol. The summed E-state index contributed by atoms with van der Waals surface area (Å²) in [5.74, 6) is 3.28. The molecule has 0 aliphatic carbocycles. The molecule has 2 heteroatoms. The molecule has 1 aliphatic heterocycles. The largest absolute Gasteiger partial charge is 0.381 e. The third kappa shape index (κ3) is 3.33. The van der Waals surface area contributed by atoms with Gasteiger partial charge in [-0.2, -0.15) is 0 Å². The van der Waals surface area contributed by atoms with Crippen LogP contribution in [0.15, 0.2) is 24.3 Å². The molecule has 0 amide bonds. The fourth-order valence-electron chi connectivity index (χ4n) is 2.11. The lowest BCUT2D eigenvalue weighted by Crippen LogP contribution is -2.33. The van der Waals surface area contributed by atoms with Crippen molar-refractivity contribution in [2.75, 3.05) is 13.2 Å². The Morgan fingerprint density at radius 2 is 2.24 bits per heavy atom. The number of terminal acetylenes is 1. The van der Waals surface area contributed by atoms with Crippen LogP contribution in [0.5, 0.6) is 0 Å². The van der Waals surface area contributed by atoms with E-state index in [1.807, 2.05) is 12.1 Å². The number of hydrogen-bond donors (Lipinski definition) is 1. The maximum Gasteiger partial charge on any atom is 0.0509 e. The molecule has 1 aliphatic rings. The second-order valence-corrected chi connectivity index (χ2v) is 4.63. The topological polar surface area (TPSA) is 21.3 Å². The lowest BCUT2D eigenvalue weighted by Gasteiger charge is -2.19. The van der Waals surface area contributed by atoms with E-state index in [0.717, 1.165) is 25.3 Å². The van der Waals surface area contributed by atoms with Crippen molar-refractivity contribution < 1.29 is 4.74 Å². The molecule has 2 rings (SSSR count). The van der Waals surface area contributed by atoms with Crippen LogP contribution in [0.1, 0.15) is 24.5 Å². The summed E-state index contributed by atoms with van der Waals surface area (Å²) in [5.41, 5.74) is 2.21. The Hall–Kier alpha value is -1.30. The highest BCUT2D eigenvalue weighted by Gasteiger charge is 2.21. The zero-order chi connectivity index (χ0) is 12.1. The van der Waals surface area contributed by atoms with Crippen molar-refractivity contribution in [3.05, 3.63) is 35.4 Å². The van der Waals surface area contributed by atoms with Gasteiger partial charge in [-0.05, 0) is 37.0 Å². The predicted molar refractivity (Wildman–Crippen MR) is 69.6 cm³/mol. The minimum atomic E-state index is 0.504. The molecule has 0 aromatic heterocycles. The van der Waals surface area contributed by atoms with Crippen LogP contribution < -0.4 is 5.32 Å². The van der Waals surface area contributed by atoms with Gasteiger partial charge in [-0.3, -0.25) is 0 Å². The Kier molecular flexibility index (Phi) is 4.19. The van der Waals surface area contributed by atoms with Gasteiger partial charge >= 0.3 is 0 Å². The van der Waals surface area contributed by atoms with Gasteiger partial charge in [-0.1, -0.05) is 18.1 Å². The summed E-state index contributed by atoms with van der Waals surface area (Å²) in [6, 6.07) is 8.64. The van der Waals surface area contributed by atoms with Gasteiger partial charge in [0.1, 0.15) is 0 Å². The molecule has 0 spiro atoms. The lowest BCUT2D eigenvalue weighted by molar-refractivity contribution is 0.178. The fraction of sp³-hybridized carbons (Fsp3) is 0.467. The molecule has 90 valence electrons. The van der Waals surface area contributed by atoms with Crippen LogP contribution in [0.4, 0.5) is 0 Å². The first kappa shape index (κ1) is 12.2. The maximum atomic E-state index is 5.40. The minimum Gasteiger partial charge on any atom is -0.381 e. The van der Waals surface area contributed by atoms with E-state index >= 15 is 0 Å². The van der Waals surface area contributed by atoms with Gasteiger partial charge in [0.2, 0.25) is 0 Å². The molecule has 1 aromatic carbocycles. The first-order chi connectivity index (χ1) is 8.29. The molecule has 2 atom stereocenters. The summed E-state index contributed by atoms with van der Waals surface area (Å²) in [5, 5.41) is 3.55. The summed E-state index contributed by atoms with van der Waals surface area (Å²) in [6.45, 7) is 4.93. The Morgan fingerprint density at radius 1 is 1.47 bits per heavy atom. The van der Waals surface area contributed by atoms with Crippen LogP contribution >= 0.6 is 0 Å². The molecule has 0 radical (unpaired) electrons. The third-order valence-corrected chi connectivity index (χ3v) is 3.42. The standard InChI is InChI=1S/C15H19NO/c1-3-13-4-6-14(7-5-13)10-16-12(2)15-8-9-17-11-15/h1,4-7,12,15-16H,8-11H2,2H3. The van der Waals surface area contributed by atoms with Crippen molar-refractivity contribution in [2.45, 2.75) is 25.9 Å². The molecule has 1 saturated heterocycles. The molecule has 0 saturated carbocycles. The van der Waals surface area contributed by atoms with Gasteiger partial charge < -0.3 is 10.1 Å². The second-order valence-electron chi connectivity index (χ2n) is 4.63. The highest BCUT2D eigenvalue weighted by molar-refractivity contribution is 5.34. The van der Waals surface area contributed by atoms with E-state index in [9.17, 15) is 0 Å². The van der Waals surface area contributed by atoms with Crippen molar-refractivity contribution in [1.82, 2.24) is 5.32 Å². The minimum absolute atomic E-state index is 0.504. The molecular formula is C15H19NO. The normalized spacial score (nSPS) is 21.1. The summed E-state index contributed by atoms with van der Waals surface area (Å²) in [7, 11) is 0. The zero-order valence-corrected chi connectivity index (χ0v) is 10.3. The molecular weight excluding hydrogens is 210 g/mol. The fourth-order valence-corrected chi connectivity index (χ4v) is 2.11. The summed E-state index contributed by atoms with van der Waals surface area (Å²) in [6.07, 6.45) is 6.50. The van der Waals surface area contributed by atoms with Gasteiger partial charge in [0.15, 0.2) is 0 Å². The van der Waals surface area contributed by atoms with Crippen LogP contribution in [0.2, 0.25) is 0 Å². The average molecular weight is 229 g/mol. The Balaban J connectivity index is 1.82. The van der Waals surface area contributed by atoms with E-state index < -0.39 is 0 Å². The third-order valence-electron chi connectivity index (χ3n) is 3.42. The molecule has 2 nitrogen and oxygen atoms in total. The Morgan fingerprint density at radius 3 is 2.82 bits per heavy atom. The predicted octanol–water partition coefficient (Wildman–Crippen LogP) is 2.18. The van der Waals surface area contributed by atoms with Gasteiger partial charge in [-0.15, -0.1) is 6.42 Å². The molecule has 1 fully saturated rings. The van der Waals surface area contributed by atoms with E-state index in [2.05, 4.69) is 30.3 Å². The van der Waals surface area contributed by atoms with E-state index in [4.69, 9.17) is 11.2 Å².